The van der Waals surface area contributed by atoms with Crippen LogP contribution in [0.25, 0.3) is 0 Å². The fourth-order valence-corrected chi connectivity index (χ4v) is 1.65. The second kappa shape index (κ2) is 3.92. The Bertz CT molecular complexity index is 299. The molecule has 4 heteroatoms. The fourth-order valence-electron chi connectivity index (χ4n) is 1.65. The number of anilines is 1. The van der Waals surface area contributed by atoms with Gasteiger partial charge < -0.3 is 10.6 Å². The van der Waals surface area contributed by atoms with Crippen LogP contribution in [-0.4, -0.2) is 24.2 Å². The Morgan fingerprint density at radius 3 is 2.93 bits per heavy atom. The molecule has 0 aliphatic carbocycles. The largest absolute Gasteiger partial charge is 0.354 e. The topological polar surface area (TPSA) is 42.1 Å². The van der Waals surface area contributed by atoms with E-state index in [-0.39, 0.29) is 0 Å². The van der Waals surface area contributed by atoms with Gasteiger partial charge in [-0.25, -0.2) is 9.37 Å². The van der Waals surface area contributed by atoms with E-state index in [2.05, 4.69) is 4.98 Å². The van der Waals surface area contributed by atoms with E-state index in [0.717, 1.165) is 17.9 Å². The maximum absolute atomic E-state index is 12.9. The first-order chi connectivity index (χ1) is 6.79. The standard InChI is InChI=1S/C10H14FN3/c11-9-3-4-14(7-9)10-2-1-8(5-12)6-13-10/h1-2,6,9H,3-5,7,12H2. The van der Waals surface area contributed by atoms with E-state index < -0.39 is 6.17 Å². The lowest BCUT2D eigenvalue weighted by molar-refractivity contribution is 0.364. The van der Waals surface area contributed by atoms with E-state index in [0.29, 0.717) is 19.5 Å². The van der Waals surface area contributed by atoms with Crippen molar-refractivity contribution in [2.75, 3.05) is 18.0 Å². The fraction of sp³-hybridized carbons (Fsp3) is 0.500. The Labute approximate surface area is 82.7 Å². The van der Waals surface area contributed by atoms with Crippen molar-refractivity contribution in [2.24, 2.45) is 5.73 Å². The average Bonchev–Trinajstić information content (AvgIpc) is 2.65. The minimum atomic E-state index is -0.703. The minimum Gasteiger partial charge on any atom is -0.354 e. The van der Waals surface area contributed by atoms with Gasteiger partial charge in [-0.15, -0.1) is 0 Å². The van der Waals surface area contributed by atoms with E-state index >= 15 is 0 Å². The Kier molecular flexibility index (Phi) is 2.63. The minimum absolute atomic E-state index is 0.467. The lowest BCUT2D eigenvalue weighted by Gasteiger charge is -2.15. The zero-order valence-corrected chi connectivity index (χ0v) is 7.99. The first-order valence-electron chi connectivity index (χ1n) is 4.83. The van der Waals surface area contributed by atoms with Crippen LogP contribution in [0.2, 0.25) is 0 Å². The van der Waals surface area contributed by atoms with Crippen molar-refractivity contribution in [1.82, 2.24) is 4.98 Å². The molecule has 1 aliphatic heterocycles. The molecule has 0 spiro atoms. The predicted octanol–water partition coefficient (Wildman–Crippen LogP) is 1.09. The first-order valence-corrected chi connectivity index (χ1v) is 4.83. The second-order valence-electron chi connectivity index (χ2n) is 3.56. The van der Waals surface area contributed by atoms with Gasteiger partial charge in [0.15, 0.2) is 0 Å². The molecular formula is C10H14FN3. The molecule has 14 heavy (non-hydrogen) atoms. The molecule has 1 aliphatic rings. The molecule has 0 bridgehead atoms. The summed E-state index contributed by atoms with van der Waals surface area (Å²) in [5.74, 6) is 0.849. The second-order valence-corrected chi connectivity index (χ2v) is 3.56. The molecule has 1 unspecified atom stereocenters. The highest BCUT2D eigenvalue weighted by Gasteiger charge is 2.22. The van der Waals surface area contributed by atoms with Gasteiger partial charge in [-0.05, 0) is 18.1 Å². The van der Waals surface area contributed by atoms with Crippen molar-refractivity contribution >= 4 is 5.82 Å². The molecule has 3 nitrogen and oxygen atoms in total. The van der Waals surface area contributed by atoms with Gasteiger partial charge in [0.25, 0.3) is 0 Å². The van der Waals surface area contributed by atoms with E-state index in [1.165, 1.54) is 0 Å². The van der Waals surface area contributed by atoms with Gasteiger partial charge in [0.1, 0.15) is 12.0 Å². The molecule has 0 radical (unpaired) electrons. The molecular weight excluding hydrogens is 181 g/mol. The molecule has 0 amide bonds. The lowest BCUT2D eigenvalue weighted by atomic mass is 10.3. The molecule has 0 aromatic carbocycles. The molecule has 1 saturated heterocycles. The van der Waals surface area contributed by atoms with Crippen molar-refractivity contribution in [2.45, 2.75) is 19.1 Å². The Balaban J connectivity index is 2.09. The van der Waals surface area contributed by atoms with Gasteiger partial charge in [0.05, 0.1) is 6.54 Å². The number of hydrogen-bond donors (Lipinski definition) is 1. The summed E-state index contributed by atoms with van der Waals surface area (Å²) in [6.45, 7) is 1.73. The molecule has 2 heterocycles. The van der Waals surface area contributed by atoms with Crippen molar-refractivity contribution < 1.29 is 4.39 Å². The highest BCUT2D eigenvalue weighted by atomic mass is 19.1. The van der Waals surface area contributed by atoms with Crippen LogP contribution in [0, 0.1) is 0 Å². The van der Waals surface area contributed by atoms with Gasteiger partial charge in [-0.3, -0.25) is 0 Å². The zero-order valence-electron chi connectivity index (χ0n) is 7.99. The highest BCUT2D eigenvalue weighted by Crippen LogP contribution is 2.19. The van der Waals surface area contributed by atoms with E-state index in [9.17, 15) is 4.39 Å². The van der Waals surface area contributed by atoms with Gasteiger partial charge in [0, 0.05) is 19.3 Å². The summed E-state index contributed by atoms with van der Waals surface area (Å²) in [7, 11) is 0. The van der Waals surface area contributed by atoms with Crippen LogP contribution in [0.5, 0.6) is 0 Å². The normalized spacial score (nSPS) is 21.6. The first kappa shape index (κ1) is 9.40. The summed E-state index contributed by atoms with van der Waals surface area (Å²) in [4.78, 5) is 6.21. The van der Waals surface area contributed by atoms with Crippen LogP contribution in [0.3, 0.4) is 0 Å². The summed E-state index contributed by atoms with van der Waals surface area (Å²) in [6.07, 6.45) is 1.66. The van der Waals surface area contributed by atoms with Gasteiger partial charge in [-0.1, -0.05) is 6.07 Å². The van der Waals surface area contributed by atoms with Crippen molar-refractivity contribution in [3.05, 3.63) is 23.9 Å². The van der Waals surface area contributed by atoms with Crippen LogP contribution >= 0.6 is 0 Å². The van der Waals surface area contributed by atoms with Gasteiger partial charge in [-0.2, -0.15) is 0 Å². The molecule has 76 valence electrons. The van der Waals surface area contributed by atoms with Crippen LogP contribution < -0.4 is 10.6 Å². The molecule has 2 rings (SSSR count). The van der Waals surface area contributed by atoms with E-state index in [1.54, 1.807) is 6.20 Å². The summed E-state index contributed by atoms with van der Waals surface area (Å²) < 4.78 is 12.9. The van der Waals surface area contributed by atoms with E-state index in [4.69, 9.17) is 5.73 Å². The van der Waals surface area contributed by atoms with Crippen LogP contribution in [-0.2, 0) is 6.54 Å². The maximum Gasteiger partial charge on any atom is 0.128 e. The number of alkyl halides is 1. The van der Waals surface area contributed by atoms with Crippen LogP contribution in [0.4, 0.5) is 10.2 Å². The molecule has 1 fully saturated rings. The Morgan fingerprint density at radius 2 is 2.43 bits per heavy atom. The third-order valence-electron chi connectivity index (χ3n) is 2.50. The predicted molar refractivity (Wildman–Crippen MR) is 53.9 cm³/mol. The average molecular weight is 195 g/mol. The van der Waals surface area contributed by atoms with Crippen molar-refractivity contribution in [3.63, 3.8) is 0 Å². The number of halogens is 1. The van der Waals surface area contributed by atoms with Crippen molar-refractivity contribution in [3.8, 4) is 0 Å². The van der Waals surface area contributed by atoms with E-state index in [1.807, 2.05) is 17.0 Å². The van der Waals surface area contributed by atoms with Gasteiger partial charge >= 0.3 is 0 Å². The number of aromatic nitrogens is 1. The molecule has 1 aromatic heterocycles. The molecule has 1 atom stereocenters. The smallest absolute Gasteiger partial charge is 0.128 e. The third-order valence-corrected chi connectivity index (χ3v) is 2.50. The Hall–Kier alpha value is -1.16. The highest BCUT2D eigenvalue weighted by molar-refractivity contribution is 5.40. The number of nitrogens with two attached hydrogens (primary N) is 1. The zero-order chi connectivity index (χ0) is 9.97. The summed E-state index contributed by atoms with van der Waals surface area (Å²) in [5, 5.41) is 0. The third kappa shape index (κ3) is 1.85. The molecule has 0 saturated carbocycles. The van der Waals surface area contributed by atoms with Crippen molar-refractivity contribution in [1.29, 1.82) is 0 Å². The molecule has 2 N–H and O–H groups in total. The van der Waals surface area contributed by atoms with Crippen LogP contribution in [0.1, 0.15) is 12.0 Å². The number of nitrogens with zero attached hydrogens (tertiary/aromatic N) is 2. The monoisotopic (exact) mass is 195 g/mol. The SMILES string of the molecule is NCc1ccc(N2CCC(F)C2)nc1. The molecule has 1 aromatic rings. The number of hydrogen-bond acceptors (Lipinski definition) is 3. The summed E-state index contributed by atoms with van der Waals surface area (Å²) in [5.41, 5.74) is 6.47. The maximum atomic E-state index is 12.9. The number of pyridine rings is 1. The van der Waals surface area contributed by atoms with Crippen LogP contribution in [0.15, 0.2) is 18.3 Å². The summed E-state index contributed by atoms with van der Waals surface area (Å²) >= 11 is 0. The summed E-state index contributed by atoms with van der Waals surface area (Å²) in [6, 6.07) is 3.84. The van der Waals surface area contributed by atoms with Gasteiger partial charge in [0.2, 0.25) is 0 Å². The quantitative estimate of drug-likeness (QED) is 0.768. The lowest BCUT2D eigenvalue weighted by Crippen LogP contribution is -2.21. The number of rotatable bonds is 2. The Morgan fingerprint density at radius 1 is 1.57 bits per heavy atom.